The third-order valence-corrected chi connectivity index (χ3v) is 10.4. The summed E-state index contributed by atoms with van der Waals surface area (Å²) in [5.41, 5.74) is 1.08. The van der Waals surface area contributed by atoms with Gasteiger partial charge in [0, 0.05) is 0 Å². The van der Waals surface area contributed by atoms with Crippen LogP contribution in [0.5, 0.6) is 0 Å². The largest absolute Gasteiger partial charge is 0.277 e. The lowest BCUT2D eigenvalue weighted by Gasteiger charge is -2.22. The number of nitrogens with one attached hydrogen (secondary N) is 2. The van der Waals surface area contributed by atoms with E-state index in [1.54, 1.807) is 23.6 Å². The van der Waals surface area contributed by atoms with Crippen molar-refractivity contribution in [2.45, 2.75) is 47.1 Å². The molecule has 1 aliphatic rings. The first kappa shape index (κ1) is 24.3. The molecule has 1 saturated carbocycles. The molecule has 0 spiro atoms. The lowest BCUT2D eigenvalue weighted by Crippen LogP contribution is -2.17. The molecule has 3 aromatic rings. The Morgan fingerprint density at radius 2 is 1.36 bits per heavy atom. The number of thiophene rings is 1. The van der Waals surface area contributed by atoms with Crippen molar-refractivity contribution in [1.29, 1.82) is 0 Å². The van der Waals surface area contributed by atoms with Crippen LogP contribution in [-0.4, -0.2) is 16.8 Å². The Labute approximate surface area is 208 Å². The average Bonchev–Trinajstić information content (AvgIpc) is 3.34. The van der Waals surface area contributed by atoms with Crippen molar-refractivity contribution in [1.82, 2.24) is 0 Å². The summed E-state index contributed by atoms with van der Waals surface area (Å²) in [4.78, 5) is 0.0696. The predicted octanol–water partition coefficient (Wildman–Crippen LogP) is 6.70. The SMILES string of the molecule is O=S(=O)(Nc1cc(Cl)c(Cl)cc1NS(=O)(=O)c1cccs1)c1ccc(C2CCCCC2)cc1. The van der Waals surface area contributed by atoms with Crippen LogP contribution < -0.4 is 9.44 Å². The van der Waals surface area contributed by atoms with E-state index in [-0.39, 0.29) is 30.5 Å². The van der Waals surface area contributed by atoms with Gasteiger partial charge in [-0.2, -0.15) is 0 Å². The van der Waals surface area contributed by atoms with Gasteiger partial charge >= 0.3 is 0 Å². The second kappa shape index (κ2) is 9.84. The highest BCUT2D eigenvalue weighted by Gasteiger charge is 2.23. The highest BCUT2D eigenvalue weighted by Crippen LogP contribution is 2.36. The van der Waals surface area contributed by atoms with Gasteiger partial charge in [-0.1, -0.05) is 60.7 Å². The van der Waals surface area contributed by atoms with E-state index in [0.717, 1.165) is 29.7 Å². The van der Waals surface area contributed by atoms with Crippen molar-refractivity contribution in [3.05, 3.63) is 69.5 Å². The van der Waals surface area contributed by atoms with Gasteiger partial charge in [0.15, 0.2) is 0 Å². The first-order valence-corrected chi connectivity index (χ1v) is 14.9. The van der Waals surface area contributed by atoms with Gasteiger partial charge in [-0.15, -0.1) is 11.3 Å². The van der Waals surface area contributed by atoms with E-state index in [4.69, 9.17) is 23.2 Å². The fourth-order valence-electron chi connectivity index (χ4n) is 3.89. The monoisotopic (exact) mass is 544 g/mol. The molecule has 0 amide bonds. The number of hydrogen-bond donors (Lipinski definition) is 2. The third-order valence-electron chi connectivity index (χ3n) is 5.58. The van der Waals surface area contributed by atoms with Crippen LogP contribution in [0.15, 0.2) is 63.0 Å². The van der Waals surface area contributed by atoms with Crippen LogP contribution in [0.25, 0.3) is 0 Å². The molecule has 2 aromatic carbocycles. The van der Waals surface area contributed by atoms with Gasteiger partial charge in [0.2, 0.25) is 0 Å². The lowest BCUT2D eigenvalue weighted by molar-refractivity contribution is 0.443. The standard InChI is InChI=1S/C22H22Cl2N2O4S3/c23-18-13-20(21(14-19(18)24)26-33(29,30)22-7-4-12-31-22)25-32(27,28)17-10-8-16(9-11-17)15-5-2-1-3-6-15/h4,7-15,25-26H,1-3,5-6H2. The average molecular weight is 546 g/mol. The van der Waals surface area contributed by atoms with Gasteiger partial charge in [-0.25, -0.2) is 16.8 Å². The van der Waals surface area contributed by atoms with Gasteiger partial charge in [0.05, 0.1) is 26.3 Å². The first-order valence-electron chi connectivity index (χ1n) is 10.3. The van der Waals surface area contributed by atoms with Crippen LogP contribution in [0.3, 0.4) is 0 Å². The molecular formula is C22H22Cl2N2O4S3. The molecular weight excluding hydrogens is 523 g/mol. The minimum atomic E-state index is -4.01. The lowest BCUT2D eigenvalue weighted by atomic mass is 9.84. The molecule has 0 aliphatic heterocycles. The van der Waals surface area contributed by atoms with E-state index in [1.165, 1.54) is 37.5 Å². The molecule has 6 nitrogen and oxygen atoms in total. The summed E-state index contributed by atoms with van der Waals surface area (Å²) in [6.45, 7) is 0. The van der Waals surface area contributed by atoms with E-state index >= 15 is 0 Å². The van der Waals surface area contributed by atoms with Gasteiger partial charge < -0.3 is 0 Å². The zero-order chi connectivity index (χ0) is 23.6. The Kier molecular flexibility index (Phi) is 7.26. The second-order valence-electron chi connectivity index (χ2n) is 7.86. The van der Waals surface area contributed by atoms with E-state index < -0.39 is 20.0 Å². The smallest absolute Gasteiger partial charge is 0.271 e. The van der Waals surface area contributed by atoms with Gasteiger partial charge in [-0.05, 0) is 60.0 Å². The Morgan fingerprint density at radius 3 is 1.91 bits per heavy atom. The molecule has 1 heterocycles. The summed E-state index contributed by atoms with van der Waals surface area (Å²) < 4.78 is 56.4. The van der Waals surface area contributed by atoms with Crippen molar-refractivity contribution in [2.24, 2.45) is 0 Å². The zero-order valence-electron chi connectivity index (χ0n) is 17.4. The van der Waals surface area contributed by atoms with Crippen molar-refractivity contribution < 1.29 is 16.8 Å². The molecule has 1 aliphatic carbocycles. The Bertz CT molecular complexity index is 1340. The molecule has 176 valence electrons. The van der Waals surface area contributed by atoms with E-state index in [9.17, 15) is 16.8 Å². The van der Waals surface area contributed by atoms with Crippen LogP contribution in [0, 0.1) is 0 Å². The summed E-state index contributed by atoms with van der Waals surface area (Å²) in [5.74, 6) is 0.455. The van der Waals surface area contributed by atoms with Crippen molar-refractivity contribution in [2.75, 3.05) is 9.44 Å². The molecule has 0 atom stereocenters. The maximum absolute atomic E-state index is 13.1. The normalized spacial score (nSPS) is 15.3. The summed E-state index contributed by atoms with van der Waals surface area (Å²) in [7, 11) is -7.93. The summed E-state index contributed by atoms with van der Waals surface area (Å²) in [6.07, 6.45) is 5.85. The highest BCUT2D eigenvalue weighted by molar-refractivity contribution is 7.94. The number of halogens is 2. The molecule has 11 heteroatoms. The summed E-state index contributed by atoms with van der Waals surface area (Å²) in [6, 6.07) is 12.4. The van der Waals surface area contributed by atoms with E-state index in [2.05, 4.69) is 9.44 Å². The molecule has 33 heavy (non-hydrogen) atoms. The van der Waals surface area contributed by atoms with Crippen LogP contribution in [0.4, 0.5) is 11.4 Å². The summed E-state index contributed by atoms with van der Waals surface area (Å²) in [5, 5.41) is 1.80. The molecule has 0 unspecified atom stereocenters. The molecule has 4 rings (SSSR count). The van der Waals surface area contributed by atoms with E-state index in [1.807, 2.05) is 12.1 Å². The molecule has 1 aromatic heterocycles. The molecule has 0 saturated heterocycles. The van der Waals surface area contributed by atoms with Crippen LogP contribution >= 0.6 is 34.5 Å². The molecule has 0 bridgehead atoms. The number of sulfonamides is 2. The van der Waals surface area contributed by atoms with Crippen molar-refractivity contribution in [3.8, 4) is 0 Å². The maximum Gasteiger partial charge on any atom is 0.271 e. The first-order chi connectivity index (χ1) is 15.7. The third kappa shape index (κ3) is 5.66. The summed E-state index contributed by atoms with van der Waals surface area (Å²) >= 11 is 13.2. The topological polar surface area (TPSA) is 92.3 Å². The number of hydrogen-bond acceptors (Lipinski definition) is 5. The van der Waals surface area contributed by atoms with Crippen molar-refractivity contribution >= 4 is 66.0 Å². The van der Waals surface area contributed by atoms with Gasteiger partial charge in [-0.3, -0.25) is 9.44 Å². The van der Waals surface area contributed by atoms with E-state index in [0.29, 0.717) is 5.92 Å². The van der Waals surface area contributed by atoms with Crippen LogP contribution in [0.1, 0.15) is 43.6 Å². The predicted molar refractivity (Wildman–Crippen MR) is 135 cm³/mol. The Morgan fingerprint density at radius 1 is 0.788 bits per heavy atom. The highest BCUT2D eigenvalue weighted by atomic mass is 35.5. The second-order valence-corrected chi connectivity index (χ2v) is 13.2. The maximum atomic E-state index is 13.1. The number of anilines is 2. The fraction of sp³-hybridized carbons (Fsp3) is 0.273. The fourth-order valence-corrected chi connectivity index (χ4v) is 7.35. The quantitative estimate of drug-likeness (QED) is 0.345. The Hall–Kier alpha value is -1.78. The minimum absolute atomic E-state index is 0.0270. The molecule has 1 fully saturated rings. The number of benzene rings is 2. The zero-order valence-corrected chi connectivity index (χ0v) is 21.4. The van der Waals surface area contributed by atoms with Crippen LogP contribution in [-0.2, 0) is 20.0 Å². The van der Waals surface area contributed by atoms with Crippen molar-refractivity contribution in [3.63, 3.8) is 0 Å². The van der Waals surface area contributed by atoms with Gasteiger partial charge in [0.25, 0.3) is 20.0 Å². The number of rotatable bonds is 7. The van der Waals surface area contributed by atoms with Gasteiger partial charge in [0.1, 0.15) is 4.21 Å². The molecule has 0 radical (unpaired) electrons. The molecule has 2 N–H and O–H groups in total. The minimum Gasteiger partial charge on any atom is -0.277 e. The Balaban J connectivity index is 1.61. The van der Waals surface area contributed by atoms with Crippen LogP contribution in [0.2, 0.25) is 10.0 Å².